The van der Waals surface area contributed by atoms with Crippen LogP contribution in [-0.2, 0) is 7.05 Å². The van der Waals surface area contributed by atoms with Crippen molar-refractivity contribution >= 4 is 0 Å². The standard InChI is InChI=1S/C13H23N3O/c1-8-10(12(17-6)16(5)15-8)11-9(7-14-4)13(11,2)3/h9,11,14H,7H2,1-6H3. The molecule has 2 rings (SSSR count). The van der Waals surface area contributed by atoms with Crippen LogP contribution in [0.5, 0.6) is 5.88 Å². The molecule has 1 heterocycles. The van der Waals surface area contributed by atoms with Crippen molar-refractivity contribution in [2.45, 2.75) is 26.7 Å². The number of hydrogen-bond acceptors (Lipinski definition) is 3. The summed E-state index contributed by atoms with van der Waals surface area (Å²) in [6.07, 6.45) is 0. The SMILES string of the molecule is CNCC1C(c2c(C)nn(C)c2OC)C1(C)C. The maximum Gasteiger partial charge on any atom is 0.215 e. The van der Waals surface area contributed by atoms with Crippen LogP contribution in [0.2, 0.25) is 0 Å². The molecule has 1 aliphatic carbocycles. The highest BCUT2D eigenvalue weighted by atomic mass is 16.5. The van der Waals surface area contributed by atoms with Crippen LogP contribution in [0.4, 0.5) is 0 Å². The molecule has 17 heavy (non-hydrogen) atoms. The molecule has 1 fully saturated rings. The van der Waals surface area contributed by atoms with Crippen LogP contribution in [-0.4, -0.2) is 30.5 Å². The number of nitrogens with zero attached hydrogens (tertiary/aromatic N) is 2. The van der Waals surface area contributed by atoms with E-state index < -0.39 is 0 Å². The number of nitrogens with one attached hydrogen (secondary N) is 1. The molecular formula is C13H23N3O. The molecule has 1 aromatic heterocycles. The lowest BCUT2D eigenvalue weighted by Gasteiger charge is -2.06. The fourth-order valence-corrected chi connectivity index (χ4v) is 3.17. The monoisotopic (exact) mass is 237 g/mol. The number of aryl methyl sites for hydroxylation is 2. The van der Waals surface area contributed by atoms with Gasteiger partial charge in [-0.1, -0.05) is 13.8 Å². The first-order valence-corrected chi connectivity index (χ1v) is 6.17. The van der Waals surface area contributed by atoms with Crippen molar-refractivity contribution < 1.29 is 4.74 Å². The topological polar surface area (TPSA) is 39.1 Å². The summed E-state index contributed by atoms with van der Waals surface area (Å²) in [7, 11) is 5.68. The molecule has 1 aromatic rings. The maximum atomic E-state index is 5.50. The first kappa shape index (κ1) is 12.4. The van der Waals surface area contributed by atoms with Gasteiger partial charge in [0.15, 0.2) is 0 Å². The van der Waals surface area contributed by atoms with Crippen LogP contribution < -0.4 is 10.1 Å². The molecule has 1 saturated carbocycles. The predicted molar refractivity (Wildman–Crippen MR) is 68.4 cm³/mol. The number of hydrogen-bond donors (Lipinski definition) is 1. The highest BCUT2D eigenvalue weighted by Crippen LogP contribution is 2.65. The highest BCUT2D eigenvalue weighted by molar-refractivity contribution is 5.42. The van der Waals surface area contributed by atoms with Gasteiger partial charge in [-0.25, -0.2) is 4.68 Å². The zero-order chi connectivity index (χ0) is 12.8. The van der Waals surface area contributed by atoms with Gasteiger partial charge in [-0.15, -0.1) is 0 Å². The Bertz CT molecular complexity index is 423. The average molecular weight is 237 g/mol. The van der Waals surface area contributed by atoms with Gasteiger partial charge in [0.1, 0.15) is 0 Å². The molecule has 96 valence electrons. The van der Waals surface area contributed by atoms with E-state index in [1.807, 2.05) is 18.8 Å². The summed E-state index contributed by atoms with van der Waals surface area (Å²) in [6, 6.07) is 0. The molecule has 0 spiro atoms. The Hall–Kier alpha value is -1.03. The first-order chi connectivity index (χ1) is 7.95. The molecule has 0 saturated heterocycles. The van der Waals surface area contributed by atoms with Crippen molar-refractivity contribution in [1.29, 1.82) is 0 Å². The number of rotatable bonds is 4. The fraction of sp³-hybridized carbons (Fsp3) is 0.769. The van der Waals surface area contributed by atoms with E-state index in [9.17, 15) is 0 Å². The van der Waals surface area contributed by atoms with Crippen LogP contribution in [0, 0.1) is 18.3 Å². The summed E-state index contributed by atoms with van der Waals surface area (Å²) in [5.41, 5.74) is 2.73. The molecule has 0 aliphatic heterocycles. The third-order valence-electron chi connectivity index (χ3n) is 4.19. The minimum Gasteiger partial charge on any atom is -0.481 e. The zero-order valence-electron chi connectivity index (χ0n) is 11.7. The Morgan fingerprint density at radius 1 is 1.47 bits per heavy atom. The Morgan fingerprint density at radius 3 is 2.65 bits per heavy atom. The lowest BCUT2D eigenvalue weighted by Crippen LogP contribution is -2.12. The maximum absolute atomic E-state index is 5.50. The van der Waals surface area contributed by atoms with Crippen LogP contribution in [0.15, 0.2) is 0 Å². The van der Waals surface area contributed by atoms with Gasteiger partial charge in [-0.05, 0) is 31.8 Å². The normalized spacial score (nSPS) is 26.0. The van der Waals surface area contributed by atoms with Crippen LogP contribution in [0.25, 0.3) is 0 Å². The first-order valence-electron chi connectivity index (χ1n) is 6.17. The van der Waals surface area contributed by atoms with Crippen molar-refractivity contribution in [1.82, 2.24) is 15.1 Å². The van der Waals surface area contributed by atoms with E-state index in [0.29, 0.717) is 17.3 Å². The van der Waals surface area contributed by atoms with Gasteiger partial charge in [0, 0.05) is 18.5 Å². The van der Waals surface area contributed by atoms with Crippen LogP contribution in [0.3, 0.4) is 0 Å². The lowest BCUT2D eigenvalue weighted by molar-refractivity contribution is 0.368. The van der Waals surface area contributed by atoms with Gasteiger partial charge < -0.3 is 10.1 Å². The number of methoxy groups -OCH3 is 1. The summed E-state index contributed by atoms with van der Waals surface area (Å²) in [4.78, 5) is 0. The third-order valence-corrected chi connectivity index (χ3v) is 4.19. The Morgan fingerprint density at radius 2 is 2.12 bits per heavy atom. The molecule has 4 nitrogen and oxygen atoms in total. The van der Waals surface area contributed by atoms with Crippen molar-refractivity contribution in [2.24, 2.45) is 18.4 Å². The molecular weight excluding hydrogens is 214 g/mol. The lowest BCUT2D eigenvalue weighted by atomic mass is 10.0. The molecule has 0 amide bonds. The molecule has 2 atom stereocenters. The van der Waals surface area contributed by atoms with E-state index in [4.69, 9.17) is 4.74 Å². The van der Waals surface area contributed by atoms with Gasteiger partial charge >= 0.3 is 0 Å². The second-order valence-corrected chi connectivity index (χ2v) is 5.60. The van der Waals surface area contributed by atoms with Crippen LogP contribution in [0.1, 0.15) is 31.0 Å². The quantitative estimate of drug-likeness (QED) is 0.866. The van der Waals surface area contributed by atoms with Crippen molar-refractivity contribution in [3.8, 4) is 5.88 Å². The van der Waals surface area contributed by atoms with Gasteiger partial charge in [0.25, 0.3) is 0 Å². The Labute approximate surface area is 103 Å². The van der Waals surface area contributed by atoms with E-state index in [2.05, 4.69) is 31.2 Å². The number of aromatic nitrogens is 2. The predicted octanol–water partition coefficient (Wildman–Crippen LogP) is 1.70. The summed E-state index contributed by atoms with van der Waals surface area (Å²) >= 11 is 0. The Kier molecular flexibility index (Phi) is 2.94. The average Bonchev–Trinajstić information content (AvgIpc) is 2.63. The molecule has 0 aromatic carbocycles. The second-order valence-electron chi connectivity index (χ2n) is 5.60. The molecule has 0 radical (unpaired) electrons. The van der Waals surface area contributed by atoms with Gasteiger partial charge in [0.05, 0.1) is 12.8 Å². The number of ether oxygens (including phenoxy) is 1. The van der Waals surface area contributed by atoms with Crippen LogP contribution >= 0.6 is 0 Å². The molecule has 0 bridgehead atoms. The molecule has 1 N–H and O–H groups in total. The van der Waals surface area contributed by atoms with Crippen molar-refractivity contribution in [3.05, 3.63) is 11.3 Å². The summed E-state index contributed by atoms with van der Waals surface area (Å²) in [5, 5.41) is 7.76. The van der Waals surface area contributed by atoms with Gasteiger partial charge in [0.2, 0.25) is 5.88 Å². The zero-order valence-corrected chi connectivity index (χ0v) is 11.7. The van der Waals surface area contributed by atoms with E-state index in [0.717, 1.165) is 18.1 Å². The molecule has 1 aliphatic rings. The second kappa shape index (κ2) is 4.02. The van der Waals surface area contributed by atoms with Crippen molar-refractivity contribution in [2.75, 3.05) is 20.7 Å². The van der Waals surface area contributed by atoms with E-state index in [1.165, 1.54) is 5.56 Å². The molecule has 2 unspecified atom stereocenters. The van der Waals surface area contributed by atoms with Crippen molar-refractivity contribution in [3.63, 3.8) is 0 Å². The van der Waals surface area contributed by atoms with E-state index in [-0.39, 0.29) is 0 Å². The summed E-state index contributed by atoms with van der Waals surface area (Å²) < 4.78 is 7.34. The van der Waals surface area contributed by atoms with Gasteiger partial charge in [-0.2, -0.15) is 5.10 Å². The smallest absolute Gasteiger partial charge is 0.215 e. The summed E-state index contributed by atoms with van der Waals surface area (Å²) in [6.45, 7) is 7.77. The summed E-state index contributed by atoms with van der Waals surface area (Å²) in [5.74, 6) is 2.14. The minimum absolute atomic E-state index is 0.337. The Balaban J connectivity index is 2.36. The third kappa shape index (κ3) is 1.75. The molecule has 4 heteroatoms. The van der Waals surface area contributed by atoms with E-state index >= 15 is 0 Å². The fourth-order valence-electron chi connectivity index (χ4n) is 3.17. The van der Waals surface area contributed by atoms with E-state index in [1.54, 1.807) is 7.11 Å². The highest BCUT2D eigenvalue weighted by Gasteiger charge is 2.59. The minimum atomic E-state index is 0.337. The van der Waals surface area contributed by atoms with Gasteiger partial charge in [-0.3, -0.25) is 0 Å². The largest absolute Gasteiger partial charge is 0.481 e.